The van der Waals surface area contributed by atoms with Crippen molar-refractivity contribution in [2.45, 2.75) is 148 Å². The second kappa shape index (κ2) is 13.9. The number of carbonyl (C=O) groups excluding carboxylic acids is 1. The molecule has 3 fully saturated rings. The average Bonchev–Trinajstić information content (AvgIpc) is 2.81. The molecule has 0 heterocycles. The van der Waals surface area contributed by atoms with Crippen LogP contribution in [0.25, 0.3) is 0 Å². The lowest BCUT2D eigenvalue weighted by Gasteiger charge is -2.41. The average molecular weight is 433 g/mol. The van der Waals surface area contributed by atoms with E-state index in [9.17, 15) is 4.79 Å². The molecule has 3 rings (SSSR count). The van der Waals surface area contributed by atoms with Gasteiger partial charge in [0.2, 0.25) is 0 Å². The second-order valence-electron chi connectivity index (χ2n) is 11.4. The maximum atomic E-state index is 12.1. The van der Waals surface area contributed by atoms with Crippen LogP contribution >= 0.6 is 0 Å². The van der Waals surface area contributed by atoms with Crippen LogP contribution in [0, 0.1) is 29.6 Å². The Hall–Kier alpha value is -0.530. The van der Waals surface area contributed by atoms with Crippen LogP contribution in [0.2, 0.25) is 0 Å². The van der Waals surface area contributed by atoms with Crippen LogP contribution < -0.4 is 0 Å². The highest BCUT2D eigenvalue weighted by Gasteiger charge is 2.35. The van der Waals surface area contributed by atoms with E-state index >= 15 is 0 Å². The van der Waals surface area contributed by atoms with E-state index in [0.717, 1.165) is 48.9 Å². The predicted molar refractivity (Wildman–Crippen MR) is 131 cm³/mol. The zero-order valence-corrected chi connectivity index (χ0v) is 20.9. The third kappa shape index (κ3) is 8.39. The van der Waals surface area contributed by atoms with Crippen molar-refractivity contribution in [1.82, 2.24) is 0 Å². The van der Waals surface area contributed by atoms with Gasteiger partial charge in [0, 0.05) is 6.42 Å². The molecule has 31 heavy (non-hydrogen) atoms. The molecule has 0 saturated heterocycles. The van der Waals surface area contributed by atoms with Crippen molar-refractivity contribution in [3.05, 3.63) is 0 Å². The highest BCUT2D eigenvalue weighted by atomic mass is 16.5. The van der Waals surface area contributed by atoms with Crippen molar-refractivity contribution in [3.8, 4) is 0 Å². The molecule has 0 aromatic rings. The molecule has 2 nitrogen and oxygen atoms in total. The molecule has 0 bridgehead atoms. The molecule has 0 aliphatic heterocycles. The van der Waals surface area contributed by atoms with Gasteiger partial charge < -0.3 is 4.74 Å². The first-order chi connectivity index (χ1) is 15.2. The van der Waals surface area contributed by atoms with Crippen LogP contribution in [0.15, 0.2) is 0 Å². The Balaban J connectivity index is 1.28. The van der Waals surface area contributed by atoms with Crippen molar-refractivity contribution in [3.63, 3.8) is 0 Å². The summed E-state index contributed by atoms with van der Waals surface area (Å²) in [7, 11) is 0. The molecule has 0 N–H and O–H groups in total. The molecule has 3 aliphatic rings. The largest absolute Gasteiger partial charge is 0.462 e. The summed E-state index contributed by atoms with van der Waals surface area (Å²) in [5, 5.41) is 0. The van der Waals surface area contributed by atoms with E-state index < -0.39 is 0 Å². The fourth-order valence-electron chi connectivity index (χ4n) is 7.15. The quantitative estimate of drug-likeness (QED) is 0.241. The van der Waals surface area contributed by atoms with Crippen LogP contribution in [-0.4, -0.2) is 12.1 Å². The zero-order valence-electron chi connectivity index (χ0n) is 20.9. The van der Waals surface area contributed by atoms with Crippen molar-refractivity contribution >= 4 is 5.97 Å². The van der Waals surface area contributed by atoms with Crippen LogP contribution in [0.3, 0.4) is 0 Å². The van der Waals surface area contributed by atoms with E-state index in [-0.39, 0.29) is 12.1 Å². The van der Waals surface area contributed by atoms with E-state index in [1.165, 1.54) is 103 Å². The molecule has 0 spiro atoms. The lowest BCUT2D eigenvalue weighted by molar-refractivity contribution is -0.151. The molecule has 0 radical (unpaired) electrons. The predicted octanol–water partition coefficient (Wildman–Crippen LogP) is 8.86. The third-order valence-corrected chi connectivity index (χ3v) is 9.26. The van der Waals surface area contributed by atoms with Crippen molar-refractivity contribution < 1.29 is 9.53 Å². The molecule has 2 heteroatoms. The Labute approximate surface area is 193 Å². The minimum Gasteiger partial charge on any atom is -0.462 e. The van der Waals surface area contributed by atoms with Gasteiger partial charge in [-0.05, 0) is 100 Å². The van der Waals surface area contributed by atoms with E-state index in [2.05, 4.69) is 13.8 Å². The minimum absolute atomic E-state index is 0.0597. The fourth-order valence-corrected chi connectivity index (χ4v) is 7.15. The van der Waals surface area contributed by atoms with Gasteiger partial charge in [0.15, 0.2) is 0 Å². The van der Waals surface area contributed by atoms with Gasteiger partial charge >= 0.3 is 5.97 Å². The lowest BCUT2D eigenvalue weighted by Crippen LogP contribution is -2.31. The molecular weight excluding hydrogens is 380 g/mol. The summed E-state index contributed by atoms with van der Waals surface area (Å²) >= 11 is 0. The zero-order chi connectivity index (χ0) is 21.9. The van der Waals surface area contributed by atoms with Crippen molar-refractivity contribution in [2.75, 3.05) is 0 Å². The van der Waals surface area contributed by atoms with Crippen molar-refractivity contribution in [1.29, 1.82) is 0 Å². The fraction of sp³-hybridized carbons (Fsp3) is 0.966. The molecule has 0 aromatic carbocycles. The van der Waals surface area contributed by atoms with E-state index in [1.54, 1.807) is 0 Å². The number of hydrogen-bond donors (Lipinski definition) is 0. The summed E-state index contributed by atoms with van der Waals surface area (Å²) < 4.78 is 5.80. The minimum atomic E-state index is 0.0597. The summed E-state index contributed by atoms with van der Waals surface area (Å²) in [6, 6.07) is 0. The van der Waals surface area contributed by atoms with Crippen LogP contribution in [0.5, 0.6) is 0 Å². The molecule has 3 aliphatic carbocycles. The van der Waals surface area contributed by atoms with Gasteiger partial charge in [-0.1, -0.05) is 65.2 Å². The summed E-state index contributed by atoms with van der Waals surface area (Å²) in [5.41, 5.74) is 0. The Morgan fingerprint density at radius 3 is 1.61 bits per heavy atom. The highest BCUT2D eigenvalue weighted by molar-refractivity contribution is 5.69. The van der Waals surface area contributed by atoms with Gasteiger partial charge in [0.1, 0.15) is 6.10 Å². The van der Waals surface area contributed by atoms with E-state index in [1.807, 2.05) is 0 Å². The smallest absolute Gasteiger partial charge is 0.306 e. The maximum Gasteiger partial charge on any atom is 0.306 e. The monoisotopic (exact) mass is 432 g/mol. The van der Waals surface area contributed by atoms with Gasteiger partial charge in [-0.3, -0.25) is 4.79 Å². The van der Waals surface area contributed by atoms with Crippen LogP contribution in [0.1, 0.15) is 142 Å². The Morgan fingerprint density at radius 2 is 1.10 bits per heavy atom. The van der Waals surface area contributed by atoms with E-state index in [0.29, 0.717) is 6.42 Å². The van der Waals surface area contributed by atoms with Gasteiger partial charge in [-0.2, -0.15) is 0 Å². The first-order valence-electron chi connectivity index (χ1n) is 14.4. The number of rotatable bonds is 11. The van der Waals surface area contributed by atoms with Gasteiger partial charge in [0.25, 0.3) is 0 Å². The molecule has 0 aromatic heterocycles. The van der Waals surface area contributed by atoms with E-state index in [4.69, 9.17) is 4.74 Å². The second-order valence-corrected chi connectivity index (χ2v) is 11.4. The van der Waals surface area contributed by atoms with Crippen LogP contribution in [-0.2, 0) is 9.53 Å². The summed E-state index contributed by atoms with van der Waals surface area (Å²) in [4.78, 5) is 12.1. The lowest BCUT2D eigenvalue weighted by atomic mass is 9.65. The molecule has 180 valence electrons. The SMILES string of the molecule is CCCCCCC(=O)O[C@H]1CC[C@H]([C@H]2CC[C@H]([C@H]3CC[C@H](CCCC)CC3)CC2)CC1. The highest BCUT2D eigenvalue weighted by Crippen LogP contribution is 2.46. The summed E-state index contributed by atoms with van der Waals surface area (Å²) in [5.74, 6) is 5.06. The van der Waals surface area contributed by atoms with Crippen molar-refractivity contribution in [2.24, 2.45) is 29.6 Å². The number of carbonyl (C=O) groups is 1. The molecular formula is C29H52O2. The molecule has 0 amide bonds. The number of ether oxygens (including phenoxy) is 1. The standard InChI is InChI=1S/C29H52O2/c1-3-5-7-8-10-29(30)31-28-21-19-27(20-22-28)26-17-15-25(16-18-26)24-13-11-23(12-14-24)9-6-4-2/h23-28H,3-22H2,1-2H3/t23-,24-,25-,26-,27-,28-. The number of unbranched alkanes of at least 4 members (excludes halogenated alkanes) is 4. The Kier molecular flexibility index (Phi) is 11.2. The molecule has 0 atom stereocenters. The normalized spacial score (nSPS) is 34.4. The van der Waals surface area contributed by atoms with Gasteiger partial charge in [-0.15, -0.1) is 0 Å². The number of esters is 1. The van der Waals surface area contributed by atoms with Gasteiger partial charge in [-0.25, -0.2) is 0 Å². The first kappa shape index (κ1) is 25.1. The summed E-state index contributed by atoms with van der Waals surface area (Å²) in [6.07, 6.45) is 26.7. The Morgan fingerprint density at radius 1 is 0.613 bits per heavy atom. The Bertz CT molecular complexity index is 477. The first-order valence-corrected chi connectivity index (χ1v) is 14.4. The van der Waals surface area contributed by atoms with Gasteiger partial charge in [0.05, 0.1) is 0 Å². The van der Waals surface area contributed by atoms with Crippen LogP contribution in [0.4, 0.5) is 0 Å². The maximum absolute atomic E-state index is 12.1. The topological polar surface area (TPSA) is 26.3 Å². The third-order valence-electron chi connectivity index (χ3n) is 9.26. The summed E-state index contributed by atoms with van der Waals surface area (Å²) in [6.45, 7) is 4.54. The molecule has 3 saturated carbocycles. The number of hydrogen-bond acceptors (Lipinski definition) is 2. The molecule has 0 unspecified atom stereocenters.